The van der Waals surface area contributed by atoms with Gasteiger partial charge in [-0.2, -0.15) is 0 Å². The van der Waals surface area contributed by atoms with Crippen molar-refractivity contribution in [2.75, 3.05) is 39.3 Å². The van der Waals surface area contributed by atoms with Crippen LogP contribution in [0, 0.1) is 17.7 Å². The van der Waals surface area contributed by atoms with Crippen molar-refractivity contribution >= 4 is 27.5 Å². The van der Waals surface area contributed by atoms with Gasteiger partial charge in [0.15, 0.2) is 0 Å². The molecular weight excluding hydrogens is 441 g/mol. The van der Waals surface area contributed by atoms with Gasteiger partial charge in [0.25, 0.3) is 0 Å². The molecule has 0 unspecified atom stereocenters. The zero-order chi connectivity index (χ0) is 22.4. The van der Waals surface area contributed by atoms with Crippen molar-refractivity contribution in [3.63, 3.8) is 0 Å². The highest BCUT2D eigenvalue weighted by Crippen LogP contribution is 2.26. The second-order valence-electron chi connectivity index (χ2n) is 8.80. The SMILES string of the molecule is CC1CCN(CCCNC(=O)C2CCN(S(=O)(=O)Cc3c(F)cccc3Cl)CC2)CC1. The summed E-state index contributed by atoms with van der Waals surface area (Å²) in [5.41, 5.74) is -0.00723. The first kappa shape index (κ1) is 24.4. The third kappa shape index (κ3) is 6.88. The van der Waals surface area contributed by atoms with Gasteiger partial charge in [-0.3, -0.25) is 4.79 Å². The lowest BCUT2D eigenvalue weighted by Crippen LogP contribution is -2.43. The molecular formula is C22H33ClFN3O3S. The van der Waals surface area contributed by atoms with Gasteiger partial charge in [0.2, 0.25) is 15.9 Å². The third-order valence-corrected chi connectivity index (χ3v) is 8.59. The van der Waals surface area contributed by atoms with Crippen molar-refractivity contribution in [1.82, 2.24) is 14.5 Å². The lowest BCUT2D eigenvalue weighted by molar-refractivity contribution is -0.126. The second-order valence-corrected chi connectivity index (χ2v) is 11.2. The summed E-state index contributed by atoms with van der Waals surface area (Å²) in [6.07, 6.45) is 4.37. The van der Waals surface area contributed by atoms with Crippen molar-refractivity contribution in [2.24, 2.45) is 11.8 Å². The van der Waals surface area contributed by atoms with E-state index in [1.165, 1.54) is 35.3 Å². The van der Waals surface area contributed by atoms with Crippen LogP contribution >= 0.6 is 11.6 Å². The third-order valence-electron chi connectivity index (χ3n) is 6.43. The van der Waals surface area contributed by atoms with Crippen molar-refractivity contribution in [3.8, 4) is 0 Å². The zero-order valence-corrected chi connectivity index (χ0v) is 19.7. The predicted octanol–water partition coefficient (Wildman–Crippen LogP) is 3.26. The average Bonchev–Trinajstić information content (AvgIpc) is 2.75. The maximum absolute atomic E-state index is 14.0. The first-order valence-electron chi connectivity index (χ1n) is 11.2. The lowest BCUT2D eigenvalue weighted by atomic mass is 9.97. The van der Waals surface area contributed by atoms with Crippen LogP contribution in [0.5, 0.6) is 0 Å². The van der Waals surface area contributed by atoms with E-state index in [1.54, 1.807) is 0 Å². The summed E-state index contributed by atoms with van der Waals surface area (Å²) in [6.45, 7) is 6.75. The number of carbonyl (C=O) groups is 1. The Bertz CT molecular complexity index is 831. The summed E-state index contributed by atoms with van der Waals surface area (Å²) in [5, 5.41) is 3.12. The van der Waals surface area contributed by atoms with E-state index in [0.717, 1.165) is 32.0 Å². The van der Waals surface area contributed by atoms with Gasteiger partial charge in [0.1, 0.15) is 5.82 Å². The van der Waals surface area contributed by atoms with Crippen LogP contribution in [0.25, 0.3) is 0 Å². The Hall–Kier alpha value is -1.22. The van der Waals surface area contributed by atoms with Gasteiger partial charge in [-0.15, -0.1) is 0 Å². The van der Waals surface area contributed by atoms with E-state index in [-0.39, 0.29) is 35.5 Å². The van der Waals surface area contributed by atoms with Gasteiger partial charge in [-0.05, 0) is 69.8 Å². The van der Waals surface area contributed by atoms with Crippen molar-refractivity contribution in [1.29, 1.82) is 0 Å². The molecule has 1 aromatic rings. The van der Waals surface area contributed by atoms with Crippen LogP contribution in [0.15, 0.2) is 18.2 Å². The Morgan fingerprint density at radius 3 is 2.48 bits per heavy atom. The van der Waals surface area contributed by atoms with E-state index in [0.29, 0.717) is 19.4 Å². The van der Waals surface area contributed by atoms with E-state index < -0.39 is 21.6 Å². The molecule has 2 heterocycles. The molecule has 0 spiro atoms. The number of amides is 1. The fraction of sp³-hybridized carbons (Fsp3) is 0.682. The fourth-order valence-corrected chi connectivity index (χ4v) is 6.20. The molecule has 31 heavy (non-hydrogen) atoms. The number of likely N-dealkylation sites (tertiary alicyclic amines) is 1. The number of hydrogen-bond donors (Lipinski definition) is 1. The minimum absolute atomic E-state index is 0.00135. The Morgan fingerprint density at radius 2 is 1.84 bits per heavy atom. The normalized spacial score (nSPS) is 20.1. The molecule has 3 rings (SSSR count). The van der Waals surface area contributed by atoms with E-state index in [4.69, 9.17) is 11.6 Å². The number of nitrogens with one attached hydrogen (secondary N) is 1. The van der Waals surface area contributed by atoms with Crippen LogP contribution in [-0.4, -0.2) is 62.8 Å². The average molecular weight is 474 g/mol. The number of benzene rings is 1. The maximum atomic E-state index is 14.0. The van der Waals surface area contributed by atoms with Crippen LogP contribution in [0.4, 0.5) is 4.39 Å². The first-order chi connectivity index (χ1) is 14.8. The predicted molar refractivity (Wildman–Crippen MR) is 121 cm³/mol. The number of rotatable bonds is 8. The molecule has 1 N–H and O–H groups in total. The number of halogens is 2. The molecule has 0 atom stereocenters. The smallest absolute Gasteiger partial charge is 0.223 e. The lowest BCUT2D eigenvalue weighted by Gasteiger charge is -2.31. The van der Waals surface area contributed by atoms with Gasteiger partial charge >= 0.3 is 0 Å². The van der Waals surface area contributed by atoms with E-state index >= 15 is 0 Å². The topological polar surface area (TPSA) is 69.7 Å². The molecule has 0 saturated carbocycles. The van der Waals surface area contributed by atoms with E-state index in [2.05, 4.69) is 17.1 Å². The van der Waals surface area contributed by atoms with Crippen LogP contribution in [0.1, 0.15) is 44.6 Å². The molecule has 174 valence electrons. The summed E-state index contributed by atoms with van der Waals surface area (Å²) in [7, 11) is -3.70. The highest BCUT2D eigenvalue weighted by Gasteiger charge is 2.32. The number of hydrogen-bond acceptors (Lipinski definition) is 4. The highest BCUT2D eigenvalue weighted by atomic mass is 35.5. The number of piperidine rings is 2. The molecule has 9 heteroatoms. The van der Waals surface area contributed by atoms with Crippen LogP contribution in [0.3, 0.4) is 0 Å². The summed E-state index contributed by atoms with van der Waals surface area (Å²) in [4.78, 5) is 14.9. The molecule has 1 aromatic carbocycles. The largest absolute Gasteiger partial charge is 0.356 e. The van der Waals surface area contributed by atoms with Crippen LogP contribution in [0.2, 0.25) is 5.02 Å². The molecule has 1 amide bonds. The van der Waals surface area contributed by atoms with E-state index in [9.17, 15) is 17.6 Å². The van der Waals surface area contributed by atoms with Crippen LogP contribution in [-0.2, 0) is 20.6 Å². The van der Waals surface area contributed by atoms with E-state index in [1.807, 2.05) is 0 Å². The van der Waals surface area contributed by atoms with Gasteiger partial charge in [0.05, 0.1) is 5.75 Å². The van der Waals surface area contributed by atoms with Crippen LogP contribution < -0.4 is 5.32 Å². The molecule has 0 aromatic heterocycles. The molecule has 2 fully saturated rings. The zero-order valence-electron chi connectivity index (χ0n) is 18.2. The molecule has 0 aliphatic carbocycles. The Balaban J connectivity index is 1.39. The molecule has 6 nitrogen and oxygen atoms in total. The fourth-order valence-electron chi connectivity index (χ4n) is 4.28. The molecule has 0 radical (unpaired) electrons. The Kier molecular flexibility index (Phi) is 8.73. The molecule has 2 saturated heterocycles. The summed E-state index contributed by atoms with van der Waals surface area (Å²) >= 11 is 5.98. The standard InChI is InChI=1S/C22H33ClFN3O3S/c1-17-6-12-26(13-7-17)11-3-10-25-22(28)18-8-14-27(15-9-18)31(29,30)16-19-20(23)4-2-5-21(19)24/h2,4-5,17-18H,3,6-16H2,1H3,(H,25,28). The quantitative estimate of drug-likeness (QED) is 0.588. The monoisotopic (exact) mass is 473 g/mol. The number of sulfonamides is 1. The molecule has 2 aliphatic rings. The summed E-state index contributed by atoms with van der Waals surface area (Å²) in [6, 6.07) is 4.14. The maximum Gasteiger partial charge on any atom is 0.223 e. The summed E-state index contributed by atoms with van der Waals surface area (Å²) < 4.78 is 40.7. The molecule has 0 bridgehead atoms. The number of carbonyl (C=O) groups excluding carboxylic acids is 1. The van der Waals surface area contributed by atoms with Gasteiger partial charge in [0, 0.05) is 36.1 Å². The van der Waals surface area contributed by atoms with Crippen molar-refractivity contribution in [3.05, 3.63) is 34.6 Å². The van der Waals surface area contributed by atoms with Gasteiger partial charge < -0.3 is 10.2 Å². The Morgan fingerprint density at radius 1 is 1.16 bits per heavy atom. The minimum atomic E-state index is -3.70. The minimum Gasteiger partial charge on any atom is -0.356 e. The van der Waals surface area contributed by atoms with Crippen molar-refractivity contribution in [2.45, 2.75) is 44.8 Å². The number of nitrogens with zero attached hydrogens (tertiary/aromatic N) is 2. The van der Waals surface area contributed by atoms with Crippen molar-refractivity contribution < 1.29 is 17.6 Å². The highest BCUT2D eigenvalue weighted by molar-refractivity contribution is 7.88. The van der Waals surface area contributed by atoms with Gasteiger partial charge in [-0.25, -0.2) is 17.1 Å². The Labute approximate surface area is 190 Å². The summed E-state index contributed by atoms with van der Waals surface area (Å²) in [5.74, 6) is -0.454. The second kappa shape index (κ2) is 11.1. The first-order valence-corrected chi connectivity index (χ1v) is 13.2. The molecule has 2 aliphatic heterocycles. The van der Waals surface area contributed by atoms with Gasteiger partial charge in [-0.1, -0.05) is 24.6 Å².